The quantitative estimate of drug-likeness (QED) is 0.449. The van der Waals surface area contributed by atoms with Gasteiger partial charge in [0.2, 0.25) is 5.13 Å². The molecule has 6 nitrogen and oxygen atoms in total. The van der Waals surface area contributed by atoms with E-state index in [0.29, 0.717) is 6.04 Å². The summed E-state index contributed by atoms with van der Waals surface area (Å²) in [7, 11) is 1.67. The van der Waals surface area contributed by atoms with Gasteiger partial charge in [0.25, 0.3) is 0 Å². The maximum Gasteiger partial charge on any atom is 0.206 e. The highest BCUT2D eigenvalue weighted by Crippen LogP contribution is 2.40. The van der Waals surface area contributed by atoms with Gasteiger partial charge in [-0.1, -0.05) is 11.3 Å². The highest BCUT2D eigenvalue weighted by molar-refractivity contribution is 8.01. The van der Waals surface area contributed by atoms with E-state index >= 15 is 0 Å². The Bertz CT molecular complexity index is 1090. The van der Waals surface area contributed by atoms with Crippen molar-refractivity contribution in [3.8, 4) is 16.2 Å². The summed E-state index contributed by atoms with van der Waals surface area (Å²) in [6.07, 6.45) is 4.05. The van der Waals surface area contributed by atoms with Crippen LogP contribution in [0.2, 0.25) is 0 Å². The smallest absolute Gasteiger partial charge is 0.206 e. The maximum absolute atomic E-state index is 5.24. The van der Waals surface area contributed by atoms with Crippen LogP contribution in [0, 0.1) is 0 Å². The summed E-state index contributed by atoms with van der Waals surface area (Å²) in [4.78, 5) is 10.1. The summed E-state index contributed by atoms with van der Waals surface area (Å²) in [6.45, 7) is 0. The zero-order valence-corrected chi connectivity index (χ0v) is 16.8. The standard InChI is InChI=1S/C18H15N5OS3/c1-24-12-6-2-10(3-7-12)14-8-13-15(25-14)16(20-9-19-13)26-18-23-22-17(27-18)21-11-4-5-11/h2-3,6-9,11H,4-5H2,1H3,(H,21,22). The molecule has 27 heavy (non-hydrogen) atoms. The largest absolute Gasteiger partial charge is 0.497 e. The van der Waals surface area contributed by atoms with Crippen molar-refractivity contribution >= 4 is 49.8 Å². The van der Waals surface area contributed by atoms with E-state index in [-0.39, 0.29) is 0 Å². The number of benzene rings is 1. The maximum atomic E-state index is 5.24. The van der Waals surface area contributed by atoms with Crippen molar-refractivity contribution in [2.24, 2.45) is 0 Å². The molecule has 0 radical (unpaired) electrons. The van der Waals surface area contributed by atoms with Crippen LogP contribution < -0.4 is 10.1 Å². The van der Waals surface area contributed by atoms with Gasteiger partial charge in [0, 0.05) is 10.9 Å². The van der Waals surface area contributed by atoms with Crippen molar-refractivity contribution in [3.63, 3.8) is 0 Å². The third kappa shape index (κ3) is 3.62. The topological polar surface area (TPSA) is 72.8 Å². The number of rotatable bonds is 6. The number of hydrogen-bond donors (Lipinski definition) is 1. The highest BCUT2D eigenvalue weighted by atomic mass is 32.2. The van der Waals surface area contributed by atoms with Gasteiger partial charge >= 0.3 is 0 Å². The van der Waals surface area contributed by atoms with Crippen LogP contribution in [0.1, 0.15) is 12.8 Å². The Morgan fingerprint density at radius 2 is 1.96 bits per heavy atom. The minimum atomic E-state index is 0.575. The van der Waals surface area contributed by atoms with Gasteiger partial charge in [-0.25, -0.2) is 9.97 Å². The summed E-state index contributed by atoms with van der Waals surface area (Å²) in [5, 5.41) is 13.7. The molecular weight excluding hydrogens is 398 g/mol. The fraction of sp³-hybridized carbons (Fsp3) is 0.222. The Morgan fingerprint density at radius 3 is 2.74 bits per heavy atom. The van der Waals surface area contributed by atoms with Gasteiger partial charge in [0.15, 0.2) is 4.34 Å². The van der Waals surface area contributed by atoms with Crippen LogP contribution >= 0.6 is 34.4 Å². The molecule has 1 fully saturated rings. The number of hydrogen-bond acceptors (Lipinski definition) is 9. The Balaban J connectivity index is 1.43. The molecule has 1 N–H and O–H groups in total. The Hall–Kier alpha value is -2.23. The first-order valence-corrected chi connectivity index (χ1v) is 10.9. The third-order valence-corrected chi connectivity index (χ3v) is 7.37. The lowest BCUT2D eigenvalue weighted by Crippen LogP contribution is -1.99. The van der Waals surface area contributed by atoms with E-state index in [2.05, 4.69) is 43.7 Å². The van der Waals surface area contributed by atoms with E-state index < -0.39 is 0 Å². The number of nitrogens with one attached hydrogen (secondary N) is 1. The molecule has 0 aliphatic heterocycles. The van der Waals surface area contributed by atoms with Crippen molar-refractivity contribution < 1.29 is 4.74 Å². The highest BCUT2D eigenvalue weighted by Gasteiger charge is 2.22. The fourth-order valence-electron chi connectivity index (χ4n) is 2.60. The number of methoxy groups -OCH3 is 1. The lowest BCUT2D eigenvalue weighted by molar-refractivity contribution is 0.415. The van der Waals surface area contributed by atoms with E-state index in [9.17, 15) is 0 Å². The van der Waals surface area contributed by atoms with E-state index in [1.165, 1.54) is 12.8 Å². The predicted octanol–water partition coefficient (Wildman–Crippen LogP) is 4.94. The second-order valence-corrected chi connectivity index (χ2v) is 9.39. The van der Waals surface area contributed by atoms with Crippen molar-refractivity contribution in [1.82, 2.24) is 20.2 Å². The molecular formula is C18H15N5OS3. The van der Waals surface area contributed by atoms with Crippen LogP contribution in [-0.2, 0) is 0 Å². The van der Waals surface area contributed by atoms with Crippen LogP contribution in [0.25, 0.3) is 20.7 Å². The van der Waals surface area contributed by atoms with E-state index in [1.807, 2.05) is 12.1 Å². The number of anilines is 1. The molecule has 3 heterocycles. The first-order chi connectivity index (χ1) is 13.3. The molecule has 1 aliphatic carbocycles. The first-order valence-electron chi connectivity index (χ1n) is 8.45. The number of nitrogens with zero attached hydrogens (tertiary/aromatic N) is 4. The van der Waals surface area contributed by atoms with E-state index in [4.69, 9.17) is 4.74 Å². The second-order valence-electron chi connectivity index (χ2n) is 6.13. The molecule has 1 aliphatic rings. The van der Waals surface area contributed by atoms with Gasteiger partial charge in [-0.05, 0) is 60.5 Å². The number of aromatic nitrogens is 4. The molecule has 0 atom stereocenters. The summed E-state index contributed by atoms with van der Waals surface area (Å²) >= 11 is 4.81. The molecule has 1 saturated carbocycles. The Morgan fingerprint density at radius 1 is 1.11 bits per heavy atom. The van der Waals surface area contributed by atoms with Crippen molar-refractivity contribution in [2.75, 3.05) is 12.4 Å². The van der Waals surface area contributed by atoms with Crippen molar-refractivity contribution in [2.45, 2.75) is 28.2 Å². The van der Waals surface area contributed by atoms with Crippen LogP contribution in [0.15, 0.2) is 46.0 Å². The van der Waals surface area contributed by atoms with Gasteiger partial charge in [0.05, 0.1) is 17.3 Å². The lowest BCUT2D eigenvalue weighted by atomic mass is 10.2. The SMILES string of the molecule is COc1ccc(-c2cc3ncnc(Sc4nnc(NC5CC5)s4)c3s2)cc1. The van der Waals surface area contributed by atoms with Gasteiger partial charge in [-0.15, -0.1) is 21.5 Å². The summed E-state index contributed by atoms with van der Waals surface area (Å²) in [5.74, 6) is 0.850. The molecule has 0 spiro atoms. The molecule has 4 aromatic rings. The van der Waals surface area contributed by atoms with Crippen LogP contribution in [0.3, 0.4) is 0 Å². The monoisotopic (exact) mass is 413 g/mol. The summed E-state index contributed by atoms with van der Waals surface area (Å²) in [6, 6.07) is 10.7. The van der Waals surface area contributed by atoms with Gasteiger partial charge in [-0.2, -0.15) is 0 Å². The number of fused-ring (bicyclic) bond motifs is 1. The zero-order chi connectivity index (χ0) is 18.2. The lowest BCUT2D eigenvalue weighted by Gasteiger charge is -2.00. The third-order valence-electron chi connectivity index (χ3n) is 4.15. The van der Waals surface area contributed by atoms with Crippen molar-refractivity contribution in [3.05, 3.63) is 36.7 Å². The average molecular weight is 414 g/mol. The molecule has 0 unspecified atom stereocenters. The zero-order valence-electron chi connectivity index (χ0n) is 14.4. The first kappa shape index (κ1) is 16.9. The Labute approximate surface area is 168 Å². The number of ether oxygens (including phenoxy) is 1. The van der Waals surface area contributed by atoms with Crippen LogP contribution in [0.4, 0.5) is 5.13 Å². The molecule has 1 aromatic carbocycles. The molecule has 0 saturated heterocycles. The number of thiophene rings is 1. The fourth-order valence-corrected chi connectivity index (χ4v) is 5.59. The van der Waals surface area contributed by atoms with Gasteiger partial charge in [0.1, 0.15) is 17.1 Å². The van der Waals surface area contributed by atoms with Crippen molar-refractivity contribution in [1.29, 1.82) is 0 Å². The van der Waals surface area contributed by atoms with E-state index in [0.717, 1.165) is 40.9 Å². The van der Waals surface area contributed by atoms with Crippen LogP contribution in [-0.4, -0.2) is 33.3 Å². The summed E-state index contributed by atoms with van der Waals surface area (Å²) < 4.78 is 7.20. The Kier molecular flexibility index (Phi) is 4.42. The molecule has 3 aromatic heterocycles. The molecule has 0 amide bonds. The summed E-state index contributed by atoms with van der Waals surface area (Å²) in [5.41, 5.74) is 2.09. The minimum absolute atomic E-state index is 0.575. The van der Waals surface area contributed by atoms with E-state index in [1.54, 1.807) is 47.9 Å². The average Bonchev–Trinajstić information content (AvgIpc) is 3.22. The molecule has 136 valence electrons. The molecule has 0 bridgehead atoms. The second kappa shape index (κ2) is 7.06. The molecule has 5 rings (SSSR count). The minimum Gasteiger partial charge on any atom is -0.497 e. The van der Waals surface area contributed by atoms with Gasteiger partial charge in [-0.3, -0.25) is 0 Å². The normalized spacial score (nSPS) is 13.8. The van der Waals surface area contributed by atoms with Gasteiger partial charge < -0.3 is 10.1 Å². The van der Waals surface area contributed by atoms with Crippen LogP contribution in [0.5, 0.6) is 5.75 Å². The predicted molar refractivity (Wildman–Crippen MR) is 110 cm³/mol. The molecule has 9 heteroatoms.